The van der Waals surface area contributed by atoms with Crippen molar-refractivity contribution in [1.82, 2.24) is 4.98 Å². The largest absolute Gasteiger partial charge is 0.493 e. The number of ether oxygens (including phenoxy) is 2. The van der Waals surface area contributed by atoms with Crippen LogP contribution in [0.5, 0.6) is 11.5 Å². The van der Waals surface area contributed by atoms with Crippen LogP contribution >= 0.6 is 0 Å². The van der Waals surface area contributed by atoms with Crippen LogP contribution < -0.4 is 9.47 Å². The van der Waals surface area contributed by atoms with Crippen LogP contribution in [0.15, 0.2) is 66.7 Å². The SMILES string of the molecule is COc1ccc(-c2[nH]c3ccccc3c2[C@H](C[N+](=O)[O-])c2ccc(F)cc2)cc1OC. The topological polar surface area (TPSA) is 77.4 Å². The smallest absolute Gasteiger partial charge is 0.214 e. The highest BCUT2D eigenvalue weighted by molar-refractivity contribution is 5.92. The van der Waals surface area contributed by atoms with Crippen LogP contribution in [0.4, 0.5) is 4.39 Å². The molecule has 1 aromatic heterocycles. The number of hydrogen-bond donors (Lipinski definition) is 1. The molecular formula is C24H21FN2O4. The zero-order valence-corrected chi connectivity index (χ0v) is 17.1. The number of nitrogens with zero attached hydrogens (tertiary/aromatic N) is 1. The van der Waals surface area contributed by atoms with Crippen molar-refractivity contribution < 1.29 is 18.8 Å². The maximum atomic E-state index is 13.5. The molecule has 0 radical (unpaired) electrons. The molecule has 4 aromatic rings. The molecule has 1 atom stereocenters. The van der Waals surface area contributed by atoms with Crippen LogP contribution in [-0.2, 0) is 0 Å². The first kappa shape index (κ1) is 20.4. The number of hydrogen-bond acceptors (Lipinski definition) is 4. The van der Waals surface area contributed by atoms with Crippen LogP contribution in [0.3, 0.4) is 0 Å². The molecule has 6 nitrogen and oxygen atoms in total. The summed E-state index contributed by atoms with van der Waals surface area (Å²) >= 11 is 0. The Morgan fingerprint density at radius 3 is 2.39 bits per heavy atom. The Labute approximate surface area is 178 Å². The average molecular weight is 420 g/mol. The van der Waals surface area contributed by atoms with Gasteiger partial charge in [0.15, 0.2) is 11.5 Å². The fraction of sp³-hybridized carbons (Fsp3) is 0.167. The summed E-state index contributed by atoms with van der Waals surface area (Å²) in [6.07, 6.45) is 0. The molecule has 0 fully saturated rings. The van der Waals surface area contributed by atoms with E-state index in [1.165, 1.54) is 12.1 Å². The maximum Gasteiger partial charge on any atom is 0.214 e. The molecule has 0 aliphatic heterocycles. The van der Waals surface area contributed by atoms with Crippen molar-refractivity contribution in [2.24, 2.45) is 0 Å². The number of H-pyrrole nitrogens is 1. The molecule has 0 saturated carbocycles. The van der Waals surface area contributed by atoms with Crippen LogP contribution in [0.2, 0.25) is 0 Å². The van der Waals surface area contributed by atoms with Gasteiger partial charge in [-0.2, -0.15) is 0 Å². The Hall–Kier alpha value is -3.87. The van der Waals surface area contributed by atoms with E-state index in [1.807, 2.05) is 36.4 Å². The molecule has 1 N–H and O–H groups in total. The van der Waals surface area contributed by atoms with Gasteiger partial charge in [-0.1, -0.05) is 30.3 Å². The van der Waals surface area contributed by atoms with Gasteiger partial charge in [0.05, 0.1) is 25.8 Å². The van der Waals surface area contributed by atoms with Crippen LogP contribution in [0, 0.1) is 15.9 Å². The van der Waals surface area contributed by atoms with Crippen molar-refractivity contribution in [3.63, 3.8) is 0 Å². The summed E-state index contributed by atoms with van der Waals surface area (Å²) in [4.78, 5) is 14.7. The first-order valence-corrected chi connectivity index (χ1v) is 9.72. The highest BCUT2D eigenvalue weighted by Crippen LogP contribution is 2.41. The van der Waals surface area contributed by atoms with Gasteiger partial charge in [-0.25, -0.2) is 4.39 Å². The number of nitrogens with one attached hydrogen (secondary N) is 1. The number of nitro groups is 1. The van der Waals surface area contributed by atoms with Gasteiger partial charge in [-0.3, -0.25) is 10.1 Å². The Morgan fingerprint density at radius 2 is 1.71 bits per heavy atom. The Bertz CT molecular complexity index is 1230. The van der Waals surface area contributed by atoms with Gasteiger partial charge in [0.25, 0.3) is 0 Å². The molecule has 1 heterocycles. The predicted molar refractivity (Wildman–Crippen MR) is 117 cm³/mol. The van der Waals surface area contributed by atoms with Gasteiger partial charge < -0.3 is 14.5 Å². The molecule has 158 valence electrons. The molecule has 3 aromatic carbocycles. The molecule has 0 aliphatic rings. The standard InChI is InChI=1S/C24H21FN2O4/c1-30-21-12-9-16(13-22(21)31-2)24-23(18-5-3-4-6-20(18)26-24)19(14-27(28)29)15-7-10-17(25)11-8-15/h3-13,19,26H,14H2,1-2H3/t19-/m1/s1. The van der Waals surface area contributed by atoms with Crippen molar-refractivity contribution in [3.05, 3.63) is 93.8 Å². The van der Waals surface area contributed by atoms with Gasteiger partial charge in [0.2, 0.25) is 6.54 Å². The fourth-order valence-corrected chi connectivity index (χ4v) is 3.95. The van der Waals surface area contributed by atoms with Crippen molar-refractivity contribution in [3.8, 4) is 22.8 Å². The number of halogens is 1. The van der Waals surface area contributed by atoms with E-state index in [4.69, 9.17) is 9.47 Å². The first-order valence-electron chi connectivity index (χ1n) is 9.72. The van der Waals surface area contributed by atoms with Crippen LogP contribution in [0.25, 0.3) is 22.2 Å². The Kier molecular flexibility index (Phi) is 5.58. The minimum Gasteiger partial charge on any atom is -0.493 e. The van der Waals surface area contributed by atoms with Crippen molar-refractivity contribution in [2.45, 2.75) is 5.92 Å². The van der Waals surface area contributed by atoms with E-state index in [-0.39, 0.29) is 17.3 Å². The van der Waals surface area contributed by atoms with Gasteiger partial charge >= 0.3 is 0 Å². The van der Waals surface area contributed by atoms with Crippen molar-refractivity contribution in [2.75, 3.05) is 20.8 Å². The van der Waals surface area contributed by atoms with Gasteiger partial charge in [0.1, 0.15) is 5.82 Å². The molecule has 0 saturated heterocycles. The quantitative estimate of drug-likeness (QED) is 0.321. The highest BCUT2D eigenvalue weighted by Gasteiger charge is 2.28. The van der Waals surface area contributed by atoms with E-state index in [1.54, 1.807) is 32.4 Å². The van der Waals surface area contributed by atoms with E-state index in [0.29, 0.717) is 17.1 Å². The molecule has 0 unspecified atom stereocenters. The van der Waals surface area contributed by atoms with Crippen LogP contribution in [-0.4, -0.2) is 30.7 Å². The summed E-state index contributed by atoms with van der Waals surface area (Å²) in [5.74, 6) is 0.180. The first-order chi connectivity index (χ1) is 15.0. The second-order valence-electron chi connectivity index (χ2n) is 7.15. The van der Waals surface area contributed by atoms with Crippen LogP contribution in [0.1, 0.15) is 17.0 Å². The predicted octanol–water partition coefficient (Wildman–Crippen LogP) is 5.40. The Morgan fingerprint density at radius 1 is 1.00 bits per heavy atom. The number of para-hydroxylation sites is 1. The third-order valence-electron chi connectivity index (χ3n) is 5.37. The lowest BCUT2D eigenvalue weighted by molar-refractivity contribution is -0.481. The number of benzene rings is 3. The molecule has 0 aliphatic carbocycles. The lowest BCUT2D eigenvalue weighted by atomic mass is 9.87. The Balaban J connectivity index is 1.97. The maximum absolute atomic E-state index is 13.5. The molecule has 0 bridgehead atoms. The summed E-state index contributed by atoms with van der Waals surface area (Å²) < 4.78 is 24.3. The van der Waals surface area contributed by atoms with Gasteiger partial charge in [-0.15, -0.1) is 0 Å². The van der Waals surface area contributed by atoms with E-state index in [0.717, 1.165) is 27.7 Å². The van der Waals surface area contributed by atoms with Gasteiger partial charge in [0, 0.05) is 21.4 Å². The second kappa shape index (κ2) is 8.47. The molecule has 0 amide bonds. The number of aromatic nitrogens is 1. The van der Waals surface area contributed by atoms with Gasteiger partial charge in [-0.05, 0) is 47.5 Å². The molecule has 0 spiro atoms. The fourth-order valence-electron chi connectivity index (χ4n) is 3.95. The minimum absolute atomic E-state index is 0.326. The molecule has 4 rings (SSSR count). The van der Waals surface area contributed by atoms with E-state index in [9.17, 15) is 14.5 Å². The van der Waals surface area contributed by atoms with E-state index >= 15 is 0 Å². The molecular weight excluding hydrogens is 399 g/mol. The number of aromatic amines is 1. The zero-order valence-electron chi connectivity index (χ0n) is 17.1. The summed E-state index contributed by atoms with van der Waals surface area (Å²) in [6.45, 7) is -0.326. The highest BCUT2D eigenvalue weighted by atomic mass is 19.1. The summed E-state index contributed by atoms with van der Waals surface area (Å²) in [5, 5.41) is 12.5. The van der Waals surface area contributed by atoms with E-state index in [2.05, 4.69) is 4.98 Å². The second-order valence-corrected chi connectivity index (χ2v) is 7.15. The summed E-state index contributed by atoms with van der Waals surface area (Å²) in [6, 6.07) is 19.0. The lowest BCUT2D eigenvalue weighted by Crippen LogP contribution is -2.14. The van der Waals surface area contributed by atoms with Crippen molar-refractivity contribution in [1.29, 1.82) is 0 Å². The summed E-state index contributed by atoms with van der Waals surface area (Å²) in [7, 11) is 3.12. The number of fused-ring (bicyclic) bond motifs is 1. The minimum atomic E-state index is -0.574. The third kappa shape index (κ3) is 3.94. The lowest BCUT2D eigenvalue weighted by Gasteiger charge is -2.17. The molecule has 31 heavy (non-hydrogen) atoms. The number of rotatable bonds is 7. The third-order valence-corrected chi connectivity index (χ3v) is 5.37. The molecule has 7 heteroatoms. The monoisotopic (exact) mass is 420 g/mol. The van der Waals surface area contributed by atoms with E-state index < -0.39 is 5.92 Å². The zero-order chi connectivity index (χ0) is 22.0. The number of methoxy groups -OCH3 is 2. The van der Waals surface area contributed by atoms with Crippen molar-refractivity contribution >= 4 is 10.9 Å². The summed E-state index contributed by atoms with van der Waals surface area (Å²) in [5.41, 5.74) is 3.87. The normalized spacial score (nSPS) is 12.0. The average Bonchev–Trinajstić information content (AvgIpc) is 3.17.